The van der Waals surface area contributed by atoms with E-state index in [9.17, 15) is 9.50 Å². The molecular formula is C13H11BrFNO. The number of hydrogen-bond donors (Lipinski definition) is 1. The lowest BCUT2D eigenvalue weighted by Crippen LogP contribution is -2.06. The number of hydrogen-bond acceptors (Lipinski definition) is 2. The van der Waals surface area contributed by atoms with Crippen molar-refractivity contribution in [2.45, 2.75) is 13.0 Å². The minimum Gasteiger partial charge on any atom is -0.382 e. The molecule has 1 aromatic heterocycles. The van der Waals surface area contributed by atoms with Crippen molar-refractivity contribution in [1.82, 2.24) is 4.98 Å². The summed E-state index contributed by atoms with van der Waals surface area (Å²) in [6.07, 6.45) is 0.502. The summed E-state index contributed by atoms with van der Waals surface area (Å²) in [6.45, 7) is 1.85. The quantitative estimate of drug-likeness (QED) is 0.921. The molecule has 1 aromatic carbocycles. The van der Waals surface area contributed by atoms with Gasteiger partial charge in [0.25, 0.3) is 0 Å². The number of nitrogens with zero attached hydrogens (tertiary/aromatic N) is 1. The van der Waals surface area contributed by atoms with E-state index in [2.05, 4.69) is 20.9 Å². The minimum absolute atomic E-state index is 0.240. The van der Waals surface area contributed by atoms with Crippen LogP contribution in [-0.4, -0.2) is 10.1 Å². The predicted octanol–water partition coefficient (Wildman–Crippen LogP) is 3.37. The molecule has 0 spiro atoms. The lowest BCUT2D eigenvalue weighted by atomic mass is 10.0. The van der Waals surface area contributed by atoms with Gasteiger partial charge in [-0.05, 0) is 41.1 Å². The number of halogens is 2. The lowest BCUT2D eigenvalue weighted by Gasteiger charge is -2.13. The third-order valence-electron chi connectivity index (χ3n) is 2.49. The Labute approximate surface area is 107 Å². The second-order valence-corrected chi connectivity index (χ2v) is 4.65. The fraction of sp³-hybridized carbons (Fsp3) is 0.154. The molecule has 2 nitrogen and oxygen atoms in total. The third kappa shape index (κ3) is 2.53. The van der Waals surface area contributed by atoms with Crippen molar-refractivity contribution in [3.05, 3.63) is 63.6 Å². The normalized spacial score (nSPS) is 12.5. The Hall–Kier alpha value is -1.26. The maximum atomic E-state index is 13.6. The van der Waals surface area contributed by atoms with Crippen molar-refractivity contribution in [1.29, 1.82) is 0 Å². The van der Waals surface area contributed by atoms with Crippen LogP contribution in [0.25, 0.3) is 0 Å². The largest absolute Gasteiger partial charge is 0.382 e. The van der Waals surface area contributed by atoms with Gasteiger partial charge in [-0.1, -0.05) is 17.7 Å². The van der Waals surface area contributed by atoms with Crippen molar-refractivity contribution < 1.29 is 9.50 Å². The number of aliphatic hydroxyl groups excluding tert-OH is 1. The molecule has 0 aliphatic heterocycles. The maximum Gasteiger partial charge on any atom is 0.129 e. The first-order valence-electron chi connectivity index (χ1n) is 5.14. The Morgan fingerprint density at radius 2 is 2.12 bits per heavy atom. The van der Waals surface area contributed by atoms with E-state index in [1.165, 1.54) is 6.07 Å². The first kappa shape index (κ1) is 12.2. The van der Waals surface area contributed by atoms with E-state index in [4.69, 9.17) is 0 Å². The molecule has 1 unspecified atom stereocenters. The van der Waals surface area contributed by atoms with Crippen LogP contribution in [0.5, 0.6) is 0 Å². The Kier molecular flexibility index (Phi) is 3.54. The molecule has 4 heteroatoms. The highest BCUT2D eigenvalue weighted by Gasteiger charge is 2.18. The molecule has 2 aromatic rings. The fourth-order valence-electron chi connectivity index (χ4n) is 1.62. The minimum atomic E-state index is -1.06. The monoisotopic (exact) mass is 295 g/mol. The molecule has 0 amide bonds. The highest BCUT2D eigenvalue weighted by Crippen LogP contribution is 2.28. The number of rotatable bonds is 2. The number of benzene rings is 1. The van der Waals surface area contributed by atoms with Crippen LogP contribution in [0.2, 0.25) is 0 Å². The number of aryl methyl sites for hydroxylation is 1. The van der Waals surface area contributed by atoms with Crippen molar-refractivity contribution in [2.24, 2.45) is 0 Å². The third-order valence-corrected chi connectivity index (χ3v) is 3.16. The van der Waals surface area contributed by atoms with Gasteiger partial charge in [0, 0.05) is 16.2 Å². The fourth-order valence-corrected chi connectivity index (χ4v) is 2.09. The molecule has 0 saturated carbocycles. The molecule has 88 valence electrons. The van der Waals surface area contributed by atoms with Crippen LogP contribution in [0.1, 0.15) is 22.9 Å². The molecule has 1 heterocycles. The van der Waals surface area contributed by atoms with E-state index >= 15 is 0 Å². The van der Waals surface area contributed by atoms with Crippen LogP contribution in [0.3, 0.4) is 0 Å². The zero-order valence-corrected chi connectivity index (χ0v) is 10.8. The molecule has 2 rings (SSSR count). The standard InChI is InChI=1S/C13H11BrFNO/c1-8-4-5-11(15)9(7-8)13(17)12-10(14)3-2-6-16-12/h2-7,13,17H,1H3. The molecule has 0 radical (unpaired) electrons. The maximum absolute atomic E-state index is 13.6. The Morgan fingerprint density at radius 1 is 1.35 bits per heavy atom. The Morgan fingerprint density at radius 3 is 2.82 bits per heavy atom. The number of aromatic nitrogens is 1. The molecule has 0 saturated heterocycles. The van der Waals surface area contributed by atoms with Gasteiger partial charge < -0.3 is 5.11 Å². The zero-order valence-electron chi connectivity index (χ0n) is 9.19. The summed E-state index contributed by atoms with van der Waals surface area (Å²) in [4.78, 5) is 4.06. The van der Waals surface area contributed by atoms with Gasteiger partial charge in [-0.3, -0.25) is 4.98 Å². The second-order valence-electron chi connectivity index (χ2n) is 3.80. The first-order valence-corrected chi connectivity index (χ1v) is 5.93. The van der Waals surface area contributed by atoms with Gasteiger partial charge in [-0.2, -0.15) is 0 Å². The summed E-state index contributed by atoms with van der Waals surface area (Å²) in [5.41, 5.74) is 1.55. The summed E-state index contributed by atoms with van der Waals surface area (Å²) < 4.78 is 14.3. The van der Waals surface area contributed by atoms with E-state index in [-0.39, 0.29) is 5.56 Å². The molecule has 0 aliphatic carbocycles. The zero-order chi connectivity index (χ0) is 12.4. The van der Waals surface area contributed by atoms with Crippen molar-refractivity contribution >= 4 is 15.9 Å². The van der Waals surface area contributed by atoms with Gasteiger partial charge in [-0.15, -0.1) is 0 Å². The predicted molar refractivity (Wildman–Crippen MR) is 67.1 cm³/mol. The van der Waals surface area contributed by atoms with Crippen LogP contribution >= 0.6 is 15.9 Å². The topological polar surface area (TPSA) is 33.1 Å². The van der Waals surface area contributed by atoms with Crippen molar-refractivity contribution in [3.8, 4) is 0 Å². The highest BCUT2D eigenvalue weighted by molar-refractivity contribution is 9.10. The van der Waals surface area contributed by atoms with E-state index < -0.39 is 11.9 Å². The molecular weight excluding hydrogens is 285 g/mol. The van der Waals surface area contributed by atoms with Crippen LogP contribution in [-0.2, 0) is 0 Å². The first-order chi connectivity index (χ1) is 8.09. The van der Waals surface area contributed by atoms with Gasteiger partial charge in [0.05, 0.1) is 5.69 Å². The van der Waals surface area contributed by atoms with E-state index in [1.807, 2.05) is 6.92 Å². The van der Waals surface area contributed by atoms with Crippen LogP contribution in [0.4, 0.5) is 4.39 Å². The molecule has 0 fully saturated rings. The number of aliphatic hydroxyl groups is 1. The molecule has 1 N–H and O–H groups in total. The van der Waals surface area contributed by atoms with Crippen LogP contribution < -0.4 is 0 Å². The summed E-state index contributed by atoms with van der Waals surface area (Å²) in [5, 5.41) is 10.1. The smallest absolute Gasteiger partial charge is 0.129 e. The Bertz CT molecular complexity index is 545. The Balaban J connectivity index is 2.47. The van der Waals surface area contributed by atoms with Crippen LogP contribution in [0.15, 0.2) is 41.0 Å². The van der Waals surface area contributed by atoms with E-state index in [0.717, 1.165) is 5.56 Å². The van der Waals surface area contributed by atoms with E-state index in [1.54, 1.807) is 30.5 Å². The van der Waals surface area contributed by atoms with Gasteiger partial charge in [-0.25, -0.2) is 4.39 Å². The highest BCUT2D eigenvalue weighted by atomic mass is 79.9. The number of pyridine rings is 1. The van der Waals surface area contributed by atoms with Gasteiger partial charge in [0.1, 0.15) is 11.9 Å². The average molecular weight is 296 g/mol. The summed E-state index contributed by atoms with van der Waals surface area (Å²) in [6, 6.07) is 8.15. The molecule has 1 atom stereocenters. The average Bonchev–Trinajstić information content (AvgIpc) is 2.32. The van der Waals surface area contributed by atoms with Gasteiger partial charge in [0.2, 0.25) is 0 Å². The second kappa shape index (κ2) is 4.94. The summed E-state index contributed by atoms with van der Waals surface area (Å²) in [5.74, 6) is -0.430. The molecule has 0 bridgehead atoms. The van der Waals surface area contributed by atoms with Gasteiger partial charge >= 0.3 is 0 Å². The van der Waals surface area contributed by atoms with Gasteiger partial charge in [0.15, 0.2) is 0 Å². The molecule has 0 aliphatic rings. The van der Waals surface area contributed by atoms with Crippen molar-refractivity contribution in [3.63, 3.8) is 0 Å². The van der Waals surface area contributed by atoms with Crippen molar-refractivity contribution in [2.75, 3.05) is 0 Å². The lowest BCUT2D eigenvalue weighted by molar-refractivity contribution is 0.209. The van der Waals surface area contributed by atoms with Crippen LogP contribution in [0, 0.1) is 12.7 Å². The summed E-state index contributed by atoms with van der Waals surface area (Å²) >= 11 is 3.29. The molecule has 17 heavy (non-hydrogen) atoms. The summed E-state index contributed by atoms with van der Waals surface area (Å²) in [7, 11) is 0. The SMILES string of the molecule is Cc1ccc(F)c(C(O)c2ncccc2Br)c1. The van der Waals surface area contributed by atoms with E-state index in [0.29, 0.717) is 10.2 Å².